The molecule has 4 atom stereocenters. The quantitative estimate of drug-likeness (QED) is 0.0287. The molecule has 45 heavy (non-hydrogen) atoms. The molecule has 2 unspecified atom stereocenters. The predicted molar refractivity (Wildman–Crippen MR) is 164 cm³/mol. The van der Waals surface area contributed by atoms with Crippen molar-refractivity contribution in [2.75, 3.05) is 13.1 Å². The zero-order valence-electron chi connectivity index (χ0n) is 27.2. The third-order valence-electron chi connectivity index (χ3n) is 6.17. The molecule has 18 heteroatoms. The topological polar surface area (TPSA) is 282 Å². The van der Waals surface area contributed by atoms with Crippen molar-refractivity contribution in [3.63, 3.8) is 0 Å². The van der Waals surface area contributed by atoms with Crippen LogP contribution in [0.5, 0.6) is 0 Å². The summed E-state index contributed by atoms with van der Waals surface area (Å²) >= 11 is 0. The van der Waals surface area contributed by atoms with Crippen molar-refractivity contribution in [3.05, 3.63) is 35.9 Å². The van der Waals surface area contributed by atoms with Gasteiger partial charge < -0.3 is 68.3 Å². The number of rotatable bonds is 19. The van der Waals surface area contributed by atoms with Gasteiger partial charge in [-0.2, -0.15) is 0 Å². The van der Waals surface area contributed by atoms with E-state index in [-0.39, 0.29) is 71.3 Å². The third-order valence-corrected chi connectivity index (χ3v) is 6.17. The van der Waals surface area contributed by atoms with Crippen molar-refractivity contribution in [2.45, 2.75) is 70.1 Å². The van der Waals surface area contributed by atoms with Crippen LogP contribution in [0.25, 0.3) is 0 Å². The summed E-state index contributed by atoms with van der Waals surface area (Å²) in [5.74, 6) is -3.35. The Balaban J connectivity index is -0.00000231. The second kappa shape index (κ2) is 23.3. The number of carboxylic acid groups (broad SMARTS) is 1. The summed E-state index contributed by atoms with van der Waals surface area (Å²) < 4.78 is 0. The van der Waals surface area contributed by atoms with Gasteiger partial charge in [0.25, 0.3) is 0 Å². The second-order valence-corrected chi connectivity index (χ2v) is 10.1. The molecule has 0 aromatic heterocycles. The summed E-state index contributed by atoms with van der Waals surface area (Å²) in [6.45, 7) is 3.92. The maximum absolute atomic E-state index is 13.2. The fourth-order valence-electron chi connectivity index (χ4n) is 3.98. The van der Waals surface area contributed by atoms with Crippen molar-refractivity contribution in [1.82, 2.24) is 21.3 Å². The summed E-state index contributed by atoms with van der Waals surface area (Å²) in [5, 5.41) is 19.7. The van der Waals surface area contributed by atoms with Crippen molar-refractivity contribution in [1.29, 1.82) is 0 Å². The minimum atomic E-state index is -1.28. The number of aliphatic carboxylic acids is 1. The number of amides is 4. The minimum absolute atomic E-state index is 0. The Bertz CT molecular complexity index is 1140. The summed E-state index contributed by atoms with van der Waals surface area (Å²) in [6.07, 6.45) is 1.76. The van der Waals surface area contributed by atoms with Crippen LogP contribution in [0.1, 0.15) is 47.9 Å². The molecule has 0 radical (unpaired) electrons. The molecule has 0 heterocycles. The maximum atomic E-state index is 13.2. The average molecular weight is 678 g/mol. The number of aldehydes is 1. The molecular formula is C27H46Cl2N10O6. The number of nitrogens with one attached hydrogen (secondary N) is 4. The van der Waals surface area contributed by atoms with Gasteiger partial charge in [-0.05, 0) is 37.2 Å². The van der Waals surface area contributed by atoms with Crippen molar-refractivity contribution in [3.8, 4) is 0 Å². The molecule has 13 N–H and O–H groups in total. The first-order valence-corrected chi connectivity index (χ1v) is 13.8. The normalized spacial score (nSPS) is 12.9. The van der Waals surface area contributed by atoms with Crippen LogP contribution in [-0.4, -0.2) is 84.4 Å². The number of imide groups is 1. The largest absolute Gasteiger partial charge is 1.00 e. The molecule has 0 bridgehead atoms. The smallest absolute Gasteiger partial charge is 1.00 e. The highest BCUT2D eigenvalue weighted by atomic mass is 35.5. The Morgan fingerprint density at radius 1 is 0.867 bits per heavy atom. The van der Waals surface area contributed by atoms with Crippen LogP contribution in [0.15, 0.2) is 40.3 Å². The molecule has 0 fully saturated rings. The number of carbonyl (C=O) groups is 5. The predicted octanol–water partition coefficient (Wildman–Crippen LogP) is -7.49. The number of carboxylic acids is 1. The molecule has 254 valence electrons. The van der Waals surface area contributed by atoms with E-state index in [0.29, 0.717) is 31.2 Å². The molecule has 1 aromatic rings. The Morgan fingerprint density at radius 3 is 1.89 bits per heavy atom. The van der Waals surface area contributed by atoms with Gasteiger partial charge in [-0.3, -0.25) is 30.2 Å². The van der Waals surface area contributed by atoms with E-state index < -0.39 is 48.0 Å². The lowest BCUT2D eigenvalue weighted by Crippen LogP contribution is -3.00. The van der Waals surface area contributed by atoms with Crippen LogP contribution >= 0.6 is 0 Å². The van der Waals surface area contributed by atoms with Crippen molar-refractivity contribution >= 4 is 42.0 Å². The molecule has 1 aromatic carbocycles. The Labute approximate surface area is 277 Å². The number of nitrogens with zero attached hydrogens (tertiary/aromatic N) is 2. The minimum Gasteiger partial charge on any atom is -1.00 e. The second-order valence-electron chi connectivity index (χ2n) is 10.1. The number of hydrogen-bond donors (Lipinski definition) is 9. The van der Waals surface area contributed by atoms with E-state index >= 15 is 0 Å². The van der Waals surface area contributed by atoms with Crippen LogP contribution in [0.2, 0.25) is 0 Å². The number of hydrogen-bond acceptors (Lipinski definition) is 8. The van der Waals surface area contributed by atoms with E-state index in [0.717, 1.165) is 0 Å². The first-order valence-electron chi connectivity index (χ1n) is 13.8. The highest BCUT2D eigenvalue weighted by Crippen LogP contribution is 2.08. The number of guanidine groups is 2. The lowest BCUT2D eigenvalue weighted by atomic mass is 10.0. The molecular weight excluding hydrogens is 631 g/mol. The molecule has 0 saturated heterocycles. The van der Waals surface area contributed by atoms with Gasteiger partial charge in [0, 0.05) is 19.5 Å². The first kappa shape index (κ1) is 43.0. The van der Waals surface area contributed by atoms with E-state index in [1.807, 2.05) is 0 Å². The number of carbonyl (C=O) groups excluding carboxylic acids is 4. The molecule has 0 saturated carbocycles. The summed E-state index contributed by atoms with van der Waals surface area (Å²) in [7, 11) is 0. The van der Waals surface area contributed by atoms with Gasteiger partial charge in [0.2, 0.25) is 11.8 Å². The first-order chi connectivity index (χ1) is 20.3. The van der Waals surface area contributed by atoms with Crippen molar-refractivity contribution in [2.24, 2.45) is 38.8 Å². The summed E-state index contributed by atoms with van der Waals surface area (Å²) in [5.41, 5.74) is 22.0. The van der Waals surface area contributed by atoms with Crippen LogP contribution in [-0.2, 0) is 25.6 Å². The monoisotopic (exact) mass is 676 g/mol. The summed E-state index contributed by atoms with van der Waals surface area (Å²) in [4.78, 5) is 70.2. The molecule has 0 spiro atoms. The van der Waals surface area contributed by atoms with Crippen LogP contribution < -0.4 is 69.0 Å². The fourth-order valence-corrected chi connectivity index (χ4v) is 3.98. The zero-order valence-corrected chi connectivity index (χ0v) is 26.8. The Kier molecular flexibility index (Phi) is 22.2. The van der Waals surface area contributed by atoms with E-state index in [1.54, 1.807) is 44.2 Å². The van der Waals surface area contributed by atoms with Crippen LogP contribution in [0.3, 0.4) is 0 Å². The third kappa shape index (κ3) is 18.3. The number of urea groups is 1. The van der Waals surface area contributed by atoms with Gasteiger partial charge in [-0.15, -0.1) is 0 Å². The average Bonchev–Trinajstić information content (AvgIpc) is 2.93. The molecule has 0 aliphatic rings. The standard InChI is InChI=1S/C27H44N10O6.2ClH/c1-16(2)21(34-18(15-38)10-6-12-32-25(28)29)23(40)37-22(39)19(11-7-13-33-26(30)31)35-27(43)36-20(24(41)42)14-17-8-4-3-5-9-17;;/h3-5,8-9,15-16,18-21,34H,6-7,10-14H2,1-2H3,(H,41,42)(H4,28,29,32)(H4,30,31,33)(H2,35,36,43)(H,37,39,40);2*1H/t18?,19-,20?,21-;;/m0../s1. The molecule has 0 aliphatic carbocycles. The lowest BCUT2D eigenvalue weighted by Gasteiger charge is -2.26. The number of aliphatic imine (C=N–C) groups is 2. The number of halogens is 2. The highest BCUT2D eigenvalue weighted by Gasteiger charge is 2.30. The Morgan fingerprint density at radius 2 is 1.40 bits per heavy atom. The van der Waals surface area contributed by atoms with E-state index in [1.165, 1.54) is 0 Å². The van der Waals surface area contributed by atoms with Gasteiger partial charge in [0.15, 0.2) is 11.9 Å². The van der Waals surface area contributed by atoms with Gasteiger partial charge in [-0.25, -0.2) is 9.59 Å². The number of nitrogens with two attached hydrogens (primary N) is 4. The summed E-state index contributed by atoms with van der Waals surface area (Å²) in [6, 6.07) is 3.63. The molecule has 16 nitrogen and oxygen atoms in total. The van der Waals surface area contributed by atoms with Gasteiger partial charge in [0.05, 0.1) is 12.1 Å². The molecule has 0 aliphatic heterocycles. The van der Waals surface area contributed by atoms with E-state index in [9.17, 15) is 29.1 Å². The lowest BCUT2D eigenvalue weighted by molar-refractivity contribution is -0.139. The highest BCUT2D eigenvalue weighted by molar-refractivity contribution is 6.01. The van der Waals surface area contributed by atoms with Crippen molar-refractivity contribution < 1.29 is 56.7 Å². The SMILES string of the molecule is CC(C)[C@H](NC(C=O)CCCN=C(N)N)C(=O)NC(=O)[C@H](CCCN=C(N)N)NC(=O)NC(Cc1ccccc1)C(=O)O.[Cl-].[Cl-].[H+].[H+]. The van der Waals surface area contributed by atoms with E-state index in [2.05, 4.69) is 31.3 Å². The molecule has 1 rings (SSSR count). The maximum Gasteiger partial charge on any atom is 1.00 e. The Hall–Kier alpha value is -4.15. The molecule has 4 amide bonds. The van der Waals surface area contributed by atoms with E-state index in [4.69, 9.17) is 22.9 Å². The zero-order chi connectivity index (χ0) is 32.4. The van der Waals surface area contributed by atoms with Gasteiger partial charge in [-0.1, -0.05) is 44.2 Å². The fraction of sp³-hybridized carbons (Fsp3) is 0.519. The van der Waals surface area contributed by atoms with Crippen LogP contribution in [0.4, 0.5) is 4.79 Å². The van der Waals surface area contributed by atoms with Crippen LogP contribution in [0, 0.1) is 5.92 Å². The number of benzene rings is 1. The van der Waals surface area contributed by atoms with Gasteiger partial charge >= 0.3 is 14.9 Å². The van der Waals surface area contributed by atoms with Gasteiger partial charge in [0.1, 0.15) is 18.4 Å².